The smallest absolute Gasteiger partial charge is 0.323 e. The van der Waals surface area contributed by atoms with Crippen LogP contribution in [0, 0.1) is 5.92 Å². The molecule has 0 aliphatic rings. The van der Waals surface area contributed by atoms with Gasteiger partial charge < -0.3 is 20.1 Å². The van der Waals surface area contributed by atoms with Crippen LogP contribution in [-0.2, 0) is 19.1 Å². The number of nitrogens with one attached hydrogen (secondary N) is 1. The third kappa shape index (κ3) is 5.62. The summed E-state index contributed by atoms with van der Waals surface area (Å²) in [6.45, 7) is 3.00. The number of likely N-dealkylation sites (N-methyl/N-ethyl adjacent to an activating group) is 1. The summed E-state index contributed by atoms with van der Waals surface area (Å²) in [5.41, 5.74) is 0. The first kappa shape index (κ1) is 16.4. The van der Waals surface area contributed by atoms with Crippen LogP contribution in [0.25, 0.3) is 0 Å². The molecular formula is C11H20N2O5. The van der Waals surface area contributed by atoms with Gasteiger partial charge in [0.05, 0.1) is 0 Å². The Morgan fingerprint density at radius 2 is 1.89 bits per heavy atom. The van der Waals surface area contributed by atoms with Gasteiger partial charge in [0, 0.05) is 14.2 Å². The summed E-state index contributed by atoms with van der Waals surface area (Å²) in [6, 6.07) is -0.753. The lowest BCUT2D eigenvalue weighted by atomic mass is 10.0. The van der Waals surface area contributed by atoms with Crippen LogP contribution >= 0.6 is 0 Å². The molecule has 0 saturated heterocycles. The maximum absolute atomic E-state index is 12.0. The van der Waals surface area contributed by atoms with Crippen molar-refractivity contribution in [3.8, 4) is 0 Å². The number of ether oxygens (including phenoxy) is 1. The number of rotatable bonds is 7. The third-order valence-electron chi connectivity index (χ3n) is 2.27. The highest BCUT2D eigenvalue weighted by Crippen LogP contribution is 2.05. The highest BCUT2D eigenvalue weighted by molar-refractivity contribution is 5.89. The summed E-state index contributed by atoms with van der Waals surface area (Å²) >= 11 is 0. The zero-order valence-corrected chi connectivity index (χ0v) is 11.1. The second-order valence-electron chi connectivity index (χ2n) is 4.31. The summed E-state index contributed by atoms with van der Waals surface area (Å²) in [5.74, 6) is -2.09. The Hall–Kier alpha value is -1.63. The predicted molar refractivity (Wildman–Crippen MR) is 63.9 cm³/mol. The first-order valence-electron chi connectivity index (χ1n) is 5.54. The fourth-order valence-electron chi connectivity index (χ4n) is 1.38. The highest BCUT2D eigenvalue weighted by Gasteiger charge is 2.27. The Kier molecular flexibility index (Phi) is 6.96. The van der Waals surface area contributed by atoms with Gasteiger partial charge in [0.25, 0.3) is 0 Å². The number of hydrogen-bond acceptors (Lipinski definition) is 4. The van der Waals surface area contributed by atoms with E-state index in [0.717, 1.165) is 4.90 Å². The van der Waals surface area contributed by atoms with E-state index in [1.54, 1.807) is 13.8 Å². The molecule has 1 atom stereocenters. The van der Waals surface area contributed by atoms with E-state index in [2.05, 4.69) is 10.1 Å². The van der Waals surface area contributed by atoms with Crippen molar-refractivity contribution >= 4 is 17.8 Å². The van der Waals surface area contributed by atoms with E-state index >= 15 is 0 Å². The van der Waals surface area contributed by atoms with Crippen molar-refractivity contribution in [2.24, 2.45) is 5.92 Å². The minimum Gasteiger partial charge on any atom is -0.480 e. The van der Waals surface area contributed by atoms with E-state index in [4.69, 9.17) is 5.11 Å². The molecule has 0 aromatic heterocycles. The molecule has 0 spiro atoms. The molecule has 0 aliphatic carbocycles. The lowest BCUT2D eigenvalue weighted by molar-refractivity contribution is -0.145. The first-order chi connectivity index (χ1) is 8.29. The molecule has 18 heavy (non-hydrogen) atoms. The number of aliphatic carboxylic acids is 1. The molecule has 0 bridgehead atoms. The number of methoxy groups -OCH3 is 1. The van der Waals surface area contributed by atoms with Gasteiger partial charge in [-0.1, -0.05) is 13.8 Å². The van der Waals surface area contributed by atoms with E-state index in [1.807, 2.05) is 0 Å². The van der Waals surface area contributed by atoms with Crippen LogP contribution in [0.2, 0.25) is 0 Å². The summed E-state index contributed by atoms with van der Waals surface area (Å²) in [5, 5.41) is 11.1. The Balaban J connectivity index is 4.63. The minimum absolute atomic E-state index is 0.140. The largest absolute Gasteiger partial charge is 0.480 e. The second kappa shape index (κ2) is 7.65. The fraction of sp³-hybridized carbons (Fsp3) is 0.727. The van der Waals surface area contributed by atoms with E-state index in [-0.39, 0.29) is 12.5 Å². The van der Waals surface area contributed by atoms with Crippen molar-refractivity contribution < 1.29 is 24.2 Å². The molecule has 0 radical (unpaired) electrons. The van der Waals surface area contributed by atoms with E-state index in [9.17, 15) is 14.4 Å². The molecule has 0 fully saturated rings. The average molecular weight is 260 g/mol. The van der Waals surface area contributed by atoms with Gasteiger partial charge in [-0.15, -0.1) is 0 Å². The minimum atomic E-state index is -1.10. The molecule has 7 nitrogen and oxygen atoms in total. The molecule has 7 heteroatoms. The number of hydrogen-bond donors (Lipinski definition) is 2. The summed E-state index contributed by atoms with van der Waals surface area (Å²) in [7, 11) is 2.76. The van der Waals surface area contributed by atoms with E-state index < -0.39 is 30.4 Å². The van der Waals surface area contributed by atoms with E-state index in [0.29, 0.717) is 0 Å². The maximum atomic E-state index is 12.0. The molecule has 0 aliphatic heterocycles. The predicted octanol–water partition coefficient (Wildman–Crippen LogP) is -0.683. The van der Waals surface area contributed by atoms with Crippen LogP contribution in [0.4, 0.5) is 0 Å². The van der Waals surface area contributed by atoms with Crippen molar-refractivity contribution in [1.29, 1.82) is 0 Å². The monoisotopic (exact) mass is 260 g/mol. The molecular weight excluding hydrogens is 240 g/mol. The van der Waals surface area contributed by atoms with Crippen molar-refractivity contribution in [3.63, 3.8) is 0 Å². The zero-order valence-electron chi connectivity index (χ0n) is 11.1. The number of nitrogens with zero attached hydrogens (tertiary/aromatic N) is 1. The van der Waals surface area contributed by atoms with E-state index in [1.165, 1.54) is 14.2 Å². The molecule has 0 aromatic rings. The van der Waals surface area contributed by atoms with Gasteiger partial charge in [0.1, 0.15) is 19.2 Å². The van der Waals surface area contributed by atoms with Crippen LogP contribution in [0.15, 0.2) is 0 Å². The molecule has 0 unspecified atom stereocenters. The number of carbonyl (C=O) groups is 3. The van der Waals surface area contributed by atoms with Crippen LogP contribution in [-0.4, -0.2) is 61.1 Å². The number of carbonyl (C=O) groups excluding carboxylic acids is 2. The Labute approximate surface area is 106 Å². The van der Waals surface area contributed by atoms with Crippen LogP contribution in [0.3, 0.4) is 0 Å². The Bertz CT molecular complexity index is 317. The van der Waals surface area contributed by atoms with Gasteiger partial charge in [0.15, 0.2) is 0 Å². The van der Waals surface area contributed by atoms with Gasteiger partial charge in [0.2, 0.25) is 11.8 Å². The second-order valence-corrected chi connectivity index (χ2v) is 4.31. The third-order valence-corrected chi connectivity index (χ3v) is 2.27. The normalized spacial score (nSPS) is 12.1. The standard InChI is InChI=1S/C11H20N2O5/c1-7(2)10(12-8(14)6-18-4)11(17)13(3)5-9(15)16/h7,10H,5-6H2,1-4H3,(H,12,14)(H,15,16)/t10-/m0/s1. The quantitative estimate of drug-likeness (QED) is 0.632. The van der Waals surface area contributed by atoms with Gasteiger partial charge in [-0.05, 0) is 5.92 Å². The molecule has 104 valence electrons. The molecule has 2 N–H and O–H groups in total. The number of amides is 2. The van der Waals surface area contributed by atoms with Crippen molar-refractivity contribution in [1.82, 2.24) is 10.2 Å². The van der Waals surface area contributed by atoms with Crippen molar-refractivity contribution in [2.45, 2.75) is 19.9 Å². The summed E-state index contributed by atoms with van der Waals surface area (Å²) in [6.07, 6.45) is 0. The van der Waals surface area contributed by atoms with Crippen molar-refractivity contribution in [3.05, 3.63) is 0 Å². The van der Waals surface area contributed by atoms with Gasteiger partial charge in [-0.3, -0.25) is 14.4 Å². The van der Waals surface area contributed by atoms with Gasteiger partial charge >= 0.3 is 5.97 Å². The van der Waals surface area contributed by atoms with Gasteiger partial charge in [-0.2, -0.15) is 0 Å². The molecule has 0 heterocycles. The average Bonchev–Trinajstić information content (AvgIpc) is 2.24. The Morgan fingerprint density at radius 3 is 2.28 bits per heavy atom. The first-order valence-corrected chi connectivity index (χ1v) is 5.54. The fourth-order valence-corrected chi connectivity index (χ4v) is 1.38. The lowest BCUT2D eigenvalue weighted by Gasteiger charge is -2.26. The SMILES string of the molecule is COCC(=O)N[C@H](C(=O)N(C)CC(=O)O)C(C)C. The van der Waals surface area contributed by atoms with Crippen molar-refractivity contribution in [2.75, 3.05) is 27.3 Å². The molecule has 0 rings (SSSR count). The highest BCUT2D eigenvalue weighted by atomic mass is 16.5. The topological polar surface area (TPSA) is 95.9 Å². The van der Waals surface area contributed by atoms with Crippen LogP contribution < -0.4 is 5.32 Å². The maximum Gasteiger partial charge on any atom is 0.323 e. The van der Waals surface area contributed by atoms with Crippen LogP contribution in [0.1, 0.15) is 13.8 Å². The number of carboxylic acid groups (broad SMARTS) is 1. The lowest BCUT2D eigenvalue weighted by Crippen LogP contribution is -2.51. The molecule has 0 saturated carbocycles. The van der Waals surface area contributed by atoms with Crippen LogP contribution in [0.5, 0.6) is 0 Å². The molecule has 0 aromatic carbocycles. The summed E-state index contributed by atoms with van der Waals surface area (Å²) < 4.78 is 4.66. The Morgan fingerprint density at radius 1 is 1.33 bits per heavy atom. The zero-order chi connectivity index (χ0) is 14.3. The summed E-state index contributed by atoms with van der Waals surface area (Å²) in [4.78, 5) is 35.0. The molecule has 2 amide bonds. The number of carboxylic acids is 1. The van der Waals surface area contributed by atoms with Gasteiger partial charge in [-0.25, -0.2) is 0 Å².